The highest BCUT2D eigenvalue weighted by molar-refractivity contribution is 5.30. The smallest absolute Gasteiger partial charge is 0.230 e. The van der Waals surface area contributed by atoms with Gasteiger partial charge >= 0.3 is 0 Å². The molecule has 4 nitrogen and oxygen atoms in total. The van der Waals surface area contributed by atoms with Crippen molar-refractivity contribution in [3.8, 4) is 0 Å². The fourth-order valence-corrected chi connectivity index (χ4v) is 4.24. The third kappa shape index (κ3) is 4.33. The van der Waals surface area contributed by atoms with E-state index in [9.17, 15) is 0 Å². The number of aryl methyl sites for hydroxylation is 2. The molecular weight excluding hydrogens is 346 g/mol. The second-order valence-electron chi connectivity index (χ2n) is 7.83. The number of hydrogen-bond acceptors (Lipinski definition) is 4. The number of hydrogen-bond donors (Lipinski definition) is 0. The molecule has 0 amide bonds. The topological polar surface area (TPSA) is 42.2 Å². The molecule has 4 rings (SSSR count). The molecule has 0 fully saturated rings. The Bertz CT molecular complexity index is 917. The molecule has 0 spiro atoms. The van der Waals surface area contributed by atoms with Crippen LogP contribution in [0.25, 0.3) is 0 Å². The summed E-state index contributed by atoms with van der Waals surface area (Å²) in [6, 6.07) is 17.8. The molecule has 0 saturated carbocycles. The largest absolute Gasteiger partial charge is 0.424 e. The van der Waals surface area contributed by atoms with Crippen molar-refractivity contribution >= 4 is 0 Å². The van der Waals surface area contributed by atoms with Crippen LogP contribution >= 0.6 is 0 Å². The van der Waals surface area contributed by atoms with Crippen LogP contribution in [0.4, 0.5) is 0 Å². The Labute approximate surface area is 167 Å². The third-order valence-corrected chi connectivity index (χ3v) is 5.80. The van der Waals surface area contributed by atoms with Gasteiger partial charge in [-0.05, 0) is 61.4 Å². The lowest BCUT2D eigenvalue weighted by atomic mass is 9.87. The fraction of sp³-hybridized carbons (Fsp3) is 0.417. The van der Waals surface area contributed by atoms with Crippen molar-refractivity contribution in [2.24, 2.45) is 0 Å². The molecule has 0 N–H and O–H groups in total. The van der Waals surface area contributed by atoms with Crippen LogP contribution in [-0.2, 0) is 25.8 Å². The first-order valence-electron chi connectivity index (χ1n) is 10.4. The Hall–Kier alpha value is -2.46. The van der Waals surface area contributed by atoms with Gasteiger partial charge in [-0.2, -0.15) is 0 Å². The number of benzene rings is 2. The van der Waals surface area contributed by atoms with Gasteiger partial charge in [0.1, 0.15) is 0 Å². The molecule has 1 heterocycles. The molecular formula is C24H29N3O. The first-order chi connectivity index (χ1) is 13.7. The molecule has 0 radical (unpaired) electrons. The maximum atomic E-state index is 6.02. The zero-order valence-electron chi connectivity index (χ0n) is 16.9. The summed E-state index contributed by atoms with van der Waals surface area (Å²) in [7, 11) is 0. The van der Waals surface area contributed by atoms with E-state index in [1.54, 1.807) is 0 Å². The lowest BCUT2D eigenvalue weighted by Gasteiger charge is -2.34. The summed E-state index contributed by atoms with van der Waals surface area (Å²) in [5.41, 5.74) is 5.50. The molecule has 146 valence electrons. The van der Waals surface area contributed by atoms with E-state index in [0.717, 1.165) is 38.2 Å². The zero-order valence-corrected chi connectivity index (χ0v) is 16.9. The average molecular weight is 376 g/mol. The zero-order chi connectivity index (χ0) is 19.3. The van der Waals surface area contributed by atoms with Crippen molar-refractivity contribution in [1.82, 2.24) is 15.1 Å². The molecule has 1 atom stereocenters. The van der Waals surface area contributed by atoms with Gasteiger partial charge in [0.25, 0.3) is 0 Å². The van der Waals surface area contributed by atoms with Gasteiger partial charge in [-0.25, -0.2) is 0 Å². The summed E-state index contributed by atoms with van der Waals surface area (Å²) in [5.74, 6) is 1.44. The van der Waals surface area contributed by atoms with E-state index < -0.39 is 0 Å². The minimum Gasteiger partial charge on any atom is -0.424 e. The minimum absolute atomic E-state index is 0.543. The van der Waals surface area contributed by atoms with Crippen LogP contribution in [0.1, 0.15) is 53.8 Å². The number of fused-ring (bicyclic) bond motifs is 1. The molecule has 0 bridgehead atoms. The van der Waals surface area contributed by atoms with E-state index >= 15 is 0 Å². The summed E-state index contributed by atoms with van der Waals surface area (Å²) in [6.45, 7) is 6.15. The van der Waals surface area contributed by atoms with Crippen LogP contribution in [0.5, 0.6) is 0 Å². The fourth-order valence-electron chi connectivity index (χ4n) is 4.24. The Morgan fingerprint density at radius 3 is 2.57 bits per heavy atom. The van der Waals surface area contributed by atoms with Crippen LogP contribution in [0.2, 0.25) is 0 Å². The molecule has 1 aromatic heterocycles. The normalized spacial score (nSPS) is 16.3. The third-order valence-electron chi connectivity index (χ3n) is 5.80. The minimum atomic E-state index is 0.543. The van der Waals surface area contributed by atoms with Gasteiger partial charge in [-0.3, -0.25) is 4.90 Å². The van der Waals surface area contributed by atoms with Crippen LogP contribution in [0, 0.1) is 6.92 Å². The Balaban J connectivity index is 1.44. The average Bonchev–Trinajstić information content (AvgIpc) is 3.16. The standard InChI is InChI=1S/C24H29N3O/c1-3-14-27(22-13-12-19-9-6-7-11-21(19)15-22)17-24-26-25-23(28-24)16-20-10-5-4-8-18(20)2/h4-11,22H,3,12-17H2,1-2H3/t22-/m0/s1. The summed E-state index contributed by atoms with van der Waals surface area (Å²) in [5, 5.41) is 8.65. The van der Waals surface area contributed by atoms with Crippen molar-refractivity contribution in [1.29, 1.82) is 0 Å². The summed E-state index contributed by atoms with van der Waals surface area (Å²) >= 11 is 0. The molecule has 1 aliphatic rings. The van der Waals surface area contributed by atoms with E-state index in [1.807, 2.05) is 0 Å². The molecule has 2 aromatic carbocycles. The molecule has 0 unspecified atom stereocenters. The van der Waals surface area contributed by atoms with Gasteiger partial charge in [0.15, 0.2) is 0 Å². The predicted molar refractivity (Wildman–Crippen MR) is 111 cm³/mol. The molecule has 1 aliphatic carbocycles. The maximum absolute atomic E-state index is 6.02. The van der Waals surface area contributed by atoms with E-state index in [4.69, 9.17) is 4.42 Å². The van der Waals surface area contributed by atoms with Crippen molar-refractivity contribution in [2.75, 3.05) is 6.54 Å². The van der Waals surface area contributed by atoms with Gasteiger partial charge in [-0.15, -0.1) is 10.2 Å². The highest BCUT2D eigenvalue weighted by Crippen LogP contribution is 2.25. The SMILES string of the molecule is CCCN(Cc1nnc(Cc2ccccc2C)o1)[C@H]1CCc2ccccc2C1. The van der Waals surface area contributed by atoms with E-state index in [0.29, 0.717) is 18.4 Å². The molecule has 3 aromatic rings. The first-order valence-corrected chi connectivity index (χ1v) is 10.4. The molecule has 0 saturated heterocycles. The van der Waals surface area contributed by atoms with Crippen molar-refractivity contribution in [3.05, 3.63) is 82.6 Å². The Morgan fingerprint density at radius 1 is 1.00 bits per heavy atom. The lowest BCUT2D eigenvalue weighted by molar-refractivity contribution is 0.155. The second kappa shape index (κ2) is 8.70. The van der Waals surface area contributed by atoms with Gasteiger partial charge in [0.05, 0.1) is 13.0 Å². The van der Waals surface area contributed by atoms with Gasteiger partial charge in [0, 0.05) is 6.04 Å². The summed E-state index contributed by atoms with van der Waals surface area (Å²) < 4.78 is 6.02. The van der Waals surface area contributed by atoms with Crippen LogP contribution < -0.4 is 0 Å². The molecule has 28 heavy (non-hydrogen) atoms. The van der Waals surface area contributed by atoms with Gasteiger partial charge in [0.2, 0.25) is 11.8 Å². The Kier molecular flexibility index (Phi) is 5.87. The molecule has 4 heteroatoms. The van der Waals surface area contributed by atoms with Crippen molar-refractivity contribution < 1.29 is 4.42 Å². The van der Waals surface area contributed by atoms with Crippen LogP contribution in [-0.4, -0.2) is 27.7 Å². The Morgan fingerprint density at radius 2 is 1.75 bits per heavy atom. The van der Waals surface area contributed by atoms with Crippen LogP contribution in [0.15, 0.2) is 52.9 Å². The summed E-state index contributed by atoms with van der Waals surface area (Å²) in [4.78, 5) is 2.53. The van der Waals surface area contributed by atoms with Gasteiger partial charge < -0.3 is 4.42 Å². The highest BCUT2D eigenvalue weighted by atomic mass is 16.4. The molecule has 0 aliphatic heterocycles. The predicted octanol–water partition coefficient (Wildman–Crippen LogP) is 4.74. The number of nitrogens with zero attached hydrogens (tertiary/aromatic N) is 3. The number of rotatable bonds is 7. The van der Waals surface area contributed by atoms with E-state index in [2.05, 4.69) is 77.5 Å². The monoisotopic (exact) mass is 375 g/mol. The van der Waals surface area contributed by atoms with Gasteiger partial charge in [-0.1, -0.05) is 55.5 Å². The van der Waals surface area contributed by atoms with Crippen molar-refractivity contribution in [2.45, 2.75) is 58.5 Å². The second-order valence-corrected chi connectivity index (χ2v) is 7.83. The summed E-state index contributed by atoms with van der Waals surface area (Å²) in [6.07, 6.45) is 5.29. The van der Waals surface area contributed by atoms with E-state index in [1.165, 1.54) is 28.7 Å². The van der Waals surface area contributed by atoms with Crippen LogP contribution in [0.3, 0.4) is 0 Å². The number of aromatic nitrogens is 2. The van der Waals surface area contributed by atoms with Crippen molar-refractivity contribution in [3.63, 3.8) is 0 Å². The quantitative estimate of drug-likeness (QED) is 0.598. The maximum Gasteiger partial charge on any atom is 0.230 e. The first kappa shape index (κ1) is 18.9. The lowest BCUT2D eigenvalue weighted by Crippen LogP contribution is -2.39. The highest BCUT2D eigenvalue weighted by Gasteiger charge is 2.25. The van der Waals surface area contributed by atoms with E-state index in [-0.39, 0.29) is 0 Å².